The highest BCUT2D eigenvalue weighted by atomic mass is 16.5. The molecule has 0 radical (unpaired) electrons. The maximum Gasteiger partial charge on any atom is 0.165 e. The fraction of sp³-hybridized carbons (Fsp3) is 0.562. The van der Waals surface area contributed by atoms with Gasteiger partial charge in [0.2, 0.25) is 0 Å². The van der Waals surface area contributed by atoms with Gasteiger partial charge >= 0.3 is 0 Å². The lowest BCUT2D eigenvalue weighted by Gasteiger charge is -2.20. The Morgan fingerprint density at radius 1 is 1.22 bits per heavy atom. The summed E-state index contributed by atoms with van der Waals surface area (Å²) in [7, 11) is 0. The number of benzene rings is 1. The Balaban J connectivity index is 1.80. The summed E-state index contributed by atoms with van der Waals surface area (Å²) < 4.78 is 5.68. The molecule has 2 aliphatic rings. The van der Waals surface area contributed by atoms with Gasteiger partial charge in [-0.25, -0.2) is 0 Å². The third-order valence-corrected chi connectivity index (χ3v) is 4.16. The predicted molar refractivity (Wildman–Crippen MR) is 71.1 cm³/mol. The van der Waals surface area contributed by atoms with E-state index in [1.807, 2.05) is 12.1 Å². The van der Waals surface area contributed by atoms with Gasteiger partial charge in [-0.3, -0.25) is 4.79 Å². The first-order chi connectivity index (χ1) is 8.74. The number of ketones is 1. The van der Waals surface area contributed by atoms with Crippen molar-refractivity contribution in [3.8, 4) is 5.75 Å². The van der Waals surface area contributed by atoms with Crippen LogP contribution in [0.3, 0.4) is 0 Å². The number of fused-ring (bicyclic) bond motifs is 1. The van der Waals surface area contributed by atoms with Crippen LogP contribution in [0.4, 0.5) is 0 Å². The molecule has 2 nitrogen and oxygen atoms in total. The number of hydrogen-bond acceptors (Lipinski definition) is 2. The van der Waals surface area contributed by atoms with Crippen LogP contribution < -0.4 is 4.74 Å². The molecule has 0 amide bonds. The number of hydrogen-bond donors (Lipinski definition) is 0. The minimum atomic E-state index is 0.250. The quantitative estimate of drug-likeness (QED) is 0.740. The first-order valence-corrected chi connectivity index (χ1v) is 7.08. The summed E-state index contributed by atoms with van der Waals surface area (Å²) in [5.74, 6) is 1.57. The maximum atomic E-state index is 12.4. The molecule has 1 aromatic rings. The summed E-state index contributed by atoms with van der Waals surface area (Å²) in [6.07, 6.45) is 7.04. The van der Waals surface area contributed by atoms with Crippen molar-refractivity contribution in [1.29, 1.82) is 0 Å². The molecule has 1 saturated carbocycles. The largest absolute Gasteiger partial charge is 0.490 e. The second-order valence-electron chi connectivity index (χ2n) is 5.65. The van der Waals surface area contributed by atoms with Gasteiger partial charge in [-0.1, -0.05) is 19.3 Å². The van der Waals surface area contributed by atoms with Gasteiger partial charge in [-0.05, 0) is 43.5 Å². The van der Waals surface area contributed by atoms with E-state index in [9.17, 15) is 4.79 Å². The highest BCUT2D eigenvalue weighted by molar-refractivity contribution is 5.98. The first-order valence-electron chi connectivity index (χ1n) is 7.08. The Morgan fingerprint density at radius 2 is 2.00 bits per heavy atom. The fourth-order valence-electron chi connectivity index (χ4n) is 3.18. The first kappa shape index (κ1) is 11.8. The molecule has 0 spiro atoms. The molecule has 1 aromatic carbocycles. The smallest absolute Gasteiger partial charge is 0.165 e. The van der Waals surface area contributed by atoms with Crippen LogP contribution in [0.15, 0.2) is 18.2 Å². The average molecular weight is 244 g/mol. The van der Waals surface area contributed by atoms with Gasteiger partial charge < -0.3 is 4.74 Å². The van der Waals surface area contributed by atoms with E-state index < -0.39 is 0 Å². The van der Waals surface area contributed by atoms with Crippen LogP contribution in [0.1, 0.15) is 54.9 Å². The Morgan fingerprint density at radius 3 is 2.78 bits per heavy atom. The summed E-state index contributed by atoms with van der Waals surface area (Å²) >= 11 is 0. The van der Waals surface area contributed by atoms with Gasteiger partial charge in [-0.2, -0.15) is 0 Å². The molecule has 0 bridgehead atoms. The molecule has 1 aliphatic carbocycles. The molecule has 0 saturated heterocycles. The molecular weight excluding hydrogens is 224 g/mol. The lowest BCUT2D eigenvalue weighted by molar-refractivity contribution is 0.0889. The number of ether oxygens (including phenoxy) is 1. The zero-order chi connectivity index (χ0) is 12.5. The molecule has 1 heterocycles. The topological polar surface area (TPSA) is 26.3 Å². The number of carbonyl (C=O) groups is 1. The lowest BCUT2D eigenvalue weighted by atomic mass is 9.83. The van der Waals surface area contributed by atoms with Crippen LogP contribution in [-0.2, 0) is 6.42 Å². The van der Waals surface area contributed by atoms with E-state index in [0.29, 0.717) is 5.78 Å². The van der Waals surface area contributed by atoms with E-state index in [0.717, 1.165) is 30.6 Å². The minimum absolute atomic E-state index is 0.250. The monoisotopic (exact) mass is 244 g/mol. The van der Waals surface area contributed by atoms with Crippen molar-refractivity contribution >= 4 is 5.78 Å². The molecule has 1 fully saturated rings. The Kier molecular flexibility index (Phi) is 3.11. The van der Waals surface area contributed by atoms with E-state index in [4.69, 9.17) is 4.74 Å². The Bertz CT molecular complexity index is 458. The van der Waals surface area contributed by atoms with Crippen LogP contribution in [0.2, 0.25) is 0 Å². The molecule has 2 heteroatoms. The van der Waals surface area contributed by atoms with E-state index in [1.54, 1.807) is 0 Å². The van der Waals surface area contributed by atoms with E-state index in [1.165, 1.54) is 24.8 Å². The molecule has 3 rings (SSSR count). The average Bonchev–Trinajstić information content (AvgIpc) is 2.78. The molecule has 0 N–H and O–H groups in total. The van der Waals surface area contributed by atoms with Crippen molar-refractivity contribution in [3.05, 3.63) is 29.3 Å². The minimum Gasteiger partial charge on any atom is -0.490 e. The van der Waals surface area contributed by atoms with E-state index in [2.05, 4.69) is 13.0 Å². The zero-order valence-corrected chi connectivity index (χ0v) is 10.9. The second-order valence-corrected chi connectivity index (χ2v) is 5.65. The predicted octanol–water partition coefficient (Wildman–Crippen LogP) is 3.77. The number of carbonyl (C=O) groups excluding carboxylic acids is 1. The summed E-state index contributed by atoms with van der Waals surface area (Å²) in [6.45, 7) is 2.07. The van der Waals surface area contributed by atoms with Crippen molar-refractivity contribution in [3.63, 3.8) is 0 Å². The molecule has 96 valence electrons. The third-order valence-electron chi connectivity index (χ3n) is 4.16. The van der Waals surface area contributed by atoms with Crippen molar-refractivity contribution < 1.29 is 9.53 Å². The van der Waals surface area contributed by atoms with Gasteiger partial charge in [0.05, 0.1) is 0 Å². The van der Waals surface area contributed by atoms with E-state index in [-0.39, 0.29) is 12.0 Å². The van der Waals surface area contributed by atoms with Crippen molar-refractivity contribution in [2.75, 3.05) is 0 Å². The van der Waals surface area contributed by atoms with Gasteiger partial charge in [0.1, 0.15) is 11.9 Å². The summed E-state index contributed by atoms with van der Waals surface area (Å²) in [5.41, 5.74) is 2.09. The Labute approximate surface area is 108 Å². The van der Waals surface area contributed by atoms with Crippen LogP contribution in [0.25, 0.3) is 0 Å². The van der Waals surface area contributed by atoms with Gasteiger partial charge in [-0.15, -0.1) is 0 Å². The molecule has 0 aromatic heterocycles. The zero-order valence-electron chi connectivity index (χ0n) is 10.9. The van der Waals surface area contributed by atoms with Crippen LogP contribution in [0.5, 0.6) is 5.75 Å². The highest BCUT2D eigenvalue weighted by Crippen LogP contribution is 2.32. The van der Waals surface area contributed by atoms with Gasteiger partial charge in [0, 0.05) is 17.9 Å². The molecule has 18 heavy (non-hydrogen) atoms. The van der Waals surface area contributed by atoms with Crippen molar-refractivity contribution in [2.45, 2.75) is 51.6 Å². The van der Waals surface area contributed by atoms with Crippen molar-refractivity contribution in [1.82, 2.24) is 0 Å². The molecule has 1 aliphatic heterocycles. The molecule has 1 unspecified atom stereocenters. The third kappa shape index (κ3) is 2.16. The maximum absolute atomic E-state index is 12.4. The SMILES string of the molecule is CC1Cc2cc(C(=O)C3CCCCC3)ccc2O1. The van der Waals surface area contributed by atoms with Crippen molar-refractivity contribution in [2.24, 2.45) is 5.92 Å². The molecular formula is C16H20O2. The normalized spacial score (nSPS) is 23.5. The van der Waals surface area contributed by atoms with Gasteiger partial charge in [0.15, 0.2) is 5.78 Å². The van der Waals surface area contributed by atoms with E-state index >= 15 is 0 Å². The molecule has 1 atom stereocenters. The van der Waals surface area contributed by atoms with Gasteiger partial charge in [0.25, 0.3) is 0 Å². The lowest BCUT2D eigenvalue weighted by Crippen LogP contribution is -2.17. The highest BCUT2D eigenvalue weighted by Gasteiger charge is 2.25. The summed E-state index contributed by atoms with van der Waals surface area (Å²) in [4.78, 5) is 12.4. The summed E-state index contributed by atoms with van der Waals surface area (Å²) in [6, 6.07) is 5.96. The summed E-state index contributed by atoms with van der Waals surface area (Å²) in [5, 5.41) is 0. The second kappa shape index (κ2) is 4.75. The fourth-order valence-corrected chi connectivity index (χ4v) is 3.18. The Hall–Kier alpha value is -1.31. The number of rotatable bonds is 2. The van der Waals surface area contributed by atoms with Crippen LogP contribution >= 0.6 is 0 Å². The standard InChI is InChI=1S/C16H20O2/c1-11-9-14-10-13(7-8-15(14)18-11)16(17)12-5-3-2-4-6-12/h7-8,10-12H,2-6,9H2,1H3. The van der Waals surface area contributed by atoms with Crippen LogP contribution in [-0.4, -0.2) is 11.9 Å². The van der Waals surface area contributed by atoms with Crippen LogP contribution in [0, 0.1) is 5.92 Å². The number of Topliss-reactive ketones (excluding diaryl/α,β-unsaturated/α-hetero) is 1.